The molecule has 0 radical (unpaired) electrons. The van der Waals surface area contributed by atoms with Gasteiger partial charge in [-0.15, -0.1) is 0 Å². The molecule has 2 aromatic carbocycles. The lowest BCUT2D eigenvalue weighted by Gasteiger charge is -2.38. The minimum atomic E-state index is -5.09. The quantitative estimate of drug-likeness (QED) is 0.329. The van der Waals surface area contributed by atoms with Crippen LogP contribution in [0.15, 0.2) is 42.5 Å². The van der Waals surface area contributed by atoms with Crippen molar-refractivity contribution in [3.63, 3.8) is 0 Å². The normalized spacial score (nSPS) is 19.4. The number of halogens is 4. The largest absolute Gasteiger partial charge is 0.465 e. The first-order valence-corrected chi connectivity index (χ1v) is 12.1. The number of carbonyl (C=O) groups is 4. The summed E-state index contributed by atoms with van der Waals surface area (Å²) in [7, 11) is 0. The fourth-order valence-corrected chi connectivity index (χ4v) is 4.62. The number of benzene rings is 2. The second kappa shape index (κ2) is 10.2. The van der Waals surface area contributed by atoms with Gasteiger partial charge in [0, 0.05) is 11.4 Å². The molecule has 2 aliphatic rings. The van der Waals surface area contributed by atoms with Crippen LogP contribution in [0.2, 0.25) is 0 Å². The number of amides is 5. The number of anilines is 2. The predicted octanol–water partition coefficient (Wildman–Crippen LogP) is 4.30. The van der Waals surface area contributed by atoms with Crippen LogP contribution >= 0.6 is 0 Å². The number of imide groups is 1. The molecule has 0 bridgehead atoms. The standard InChI is InChI=1S/C26H26F4N4O5/c1-4-39-22(36)18-13-32(16-8-10-17(11-9-16)34-14-25(2,3)31-23(34)37)24(38)33(21(18)35)12-15-6-5-7-19(27)20(15)26(28,29)30/h5-11,18H,4,12-14H2,1-3H3,(H,31,37). The molecule has 1 atom stereocenters. The Morgan fingerprint density at radius 2 is 1.67 bits per heavy atom. The zero-order chi connectivity index (χ0) is 28.7. The van der Waals surface area contributed by atoms with Crippen molar-refractivity contribution in [3.8, 4) is 0 Å². The number of nitrogens with one attached hydrogen (secondary N) is 1. The Kier molecular flexibility index (Phi) is 7.28. The molecule has 2 aliphatic heterocycles. The van der Waals surface area contributed by atoms with Crippen LogP contribution < -0.4 is 15.1 Å². The molecule has 2 saturated heterocycles. The van der Waals surface area contributed by atoms with Crippen molar-refractivity contribution < 1.29 is 41.5 Å². The van der Waals surface area contributed by atoms with E-state index in [0.29, 0.717) is 23.2 Å². The summed E-state index contributed by atoms with van der Waals surface area (Å²) < 4.78 is 59.9. The maximum Gasteiger partial charge on any atom is 0.419 e. The third-order valence-corrected chi connectivity index (χ3v) is 6.39. The predicted molar refractivity (Wildman–Crippen MR) is 131 cm³/mol. The van der Waals surface area contributed by atoms with E-state index in [-0.39, 0.29) is 18.3 Å². The van der Waals surface area contributed by atoms with E-state index in [1.807, 2.05) is 13.8 Å². The molecule has 4 rings (SSSR count). The van der Waals surface area contributed by atoms with E-state index in [4.69, 9.17) is 4.74 Å². The molecule has 2 fully saturated rings. The number of carbonyl (C=O) groups excluding carboxylic acids is 4. The van der Waals surface area contributed by atoms with Gasteiger partial charge in [-0.2, -0.15) is 13.2 Å². The fourth-order valence-electron chi connectivity index (χ4n) is 4.62. The topological polar surface area (TPSA) is 99.3 Å². The van der Waals surface area contributed by atoms with Crippen molar-refractivity contribution in [1.29, 1.82) is 0 Å². The molecule has 1 N–H and O–H groups in total. The molecular formula is C26H26F4N4O5. The van der Waals surface area contributed by atoms with Crippen LogP contribution in [0.3, 0.4) is 0 Å². The zero-order valence-corrected chi connectivity index (χ0v) is 21.3. The van der Waals surface area contributed by atoms with Crippen molar-refractivity contribution in [2.45, 2.75) is 39.0 Å². The number of esters is 1. The molecule has 0 spiro atoms. The average Bonchev–Trinajstić information content (AvgIpc) is 3.13. The van der Waals surface area contributed by atoms with Gasteiger partial charge in [-0.25, -0.2) is 14.0 Å². The van der Waals surface area contributed by atoms with Crippen LogP contribution in [0.4, 0.5) is 38.5 Å². The smallest absolute Gasteiger partial charge is 0.419 e. The van der Waals surface area contributed by atoms with Crippen LogP contribution in [-0.4, -0.2) is 54.1 Å². The molecule has 2 heterocycles. The lowest BCUT2D eigenvalue weighted by molar-refractivity contribution is -0.155. The Hall–Kier alpha value is -4.16. The summed E-state index contributed by atoms with van der Waals surface area (Å²) in [5, 5.41) is 2.83. The minimum Gasteiger partial charge on any atom is -0.465 e. The van der Waals surface area contributed by atoms with E-state index in [1.54, 1.807) is 12.1 Å². The first-order valence-electron chi connectivity index (χ1n) is 12.1. The highest BCUT2D eigenvalue weighted by atomic mass is 19.4. The Morgan fingerprint density at radius 1 is 1.05 bits per heavy atom. The Bertz CT molecular complexity index is 1310. The van der Waals surface area contributed by atoms with Gasteiger partial charge in [-0.05, 0) is 56.7 Å². The molecule has 5 amide bonds. The number of alkyl halides is 3. The molecule has 13 heteroatoms. The van der Waals surface area contributed by atoms with E-state index >= 15 is 0 Å². The van der Waals surface area contributed by atoms with Gasteiger partial charge < -0.3 is 10.1 Å². The molecule has 9 nitrogen and oxygen atoms in total. The number of rotatable bonds is 6. The van der Waals surface area contributed by atoms with Crippen LogP contribution in [-0.2, 0) is 27.0 Å². The van der Waals surface area contributed by atoms with Crippen molar-refractivity contribution in [2.75, 3.05) is 29.5 Å². The van der Waals surface area contributed by atoms with Gasteiger partial charge in [0.2, 0.25) is 5.91 Å². The lowest BCUT2D eigenvalue weighted by Crippen LogP contribution is -2.58. The second-order valence-corrected chi connectivity index (χ2v) is 9.81. The molecule has 39 heavy (non-hydrogen) atoms. The first kappa shape index (κ1) is 27.9. The highest BCUT2D eigenvalue weighted by Crippen LogP contribution is 2.36. The SMILES string of the molecule is CCOC(=O)C1CN(c2ccc(N3CC(C)(C)NC3=O)cc2)C(=O)N(Cc2cccc(F)c2C(F)(F)F)C1=O. The van der Waals surface area contributed by atoms with Crippen molar-refractivity contribution >= 4 is 35.3 Å². The monoisotopic (exact) mass is 550 g/mol. The first-order chi connectivity index (χ1) is 18.2. The summed E-state index contributed by atoms with van der Waals surface area (Å²) in [5.41, 5.74) is -1.96. The number of hydrogen-bond acceptors (Lipinski definition) is 5. The summed E-state index contributed by atoms with van der Waals surface area (Å²) >= 11 is 0. The second-order valence-electron chi connectivity index (χ2n) is 9.81. The van der Waals surface area contributed by atoms with Gasteiger partial charge in [0.1, 0.15) is 5.82 Å². The molecule has 208 valence electrons. The van der Waals surface area contributed by atoms with E-state index in [0.717, 1.165) is 17.0 Å². The average molecular weight is 551 g/mol. The molecule has 0 saturated carbocycles. The maximum atomic E-state index is 14.2. The van der Waals surface area contributed by atoms with Crippen molar-refractivity contribution in [2.24, 2.45) is 5.92 Å². The fraction of sp³-hybridized carbons (Fsp3) is 0.385. The molecule has 1 unspecified atom stereocenters. The molecular weight excluding hydrogens is 524 g/mol. The van der Waals surface area contributed by atoms with Gasteiger partial charge in [0.15, 0.2) is 5.92 Å². The van der Waals surface area contributed by atoms with Crippen LogP contribution in [0.25, 0.3) is 0 Å². The van der Waals surface area contributed by atoms with E-state index in [9.17, 15) is 36.7 Å². The third-order valence-electron chi connectivity index (χ3n) is 6.39. The Labute approximate surface area is 221 Å². The van der Waals surface area contributed by atoms with E-state index in [2.05, 4.69) is 5.32 Å². The zero-order valence-electron chi connectivity index (χ0n) is 21.3. The third kappa shape index (κ3) is 5.52. The maximum absolute atomic E-state index is 14.2. The van der Waals surface area contributed by atoms with Crippen molar-refractivity contribution in [3.05, 3.63) is 59.4 Å². The number of ether oxygens (including phenoxy) is 1. The van der Waals surface area contributed by atoms with E-state index < -0.39 is 65.6 Å². The van der Waals surface area contributed by atoms with Crippen molar-refractivity contribution in [1.82, 2.24) is 10.2 Å². The highest BCUT2D eigenvalue weighted by Gasteiger charge is 2.46. The number of urea groups is 2. The highest BCUT2D eigenvalue weighted by molar-refractivity contribution is 6.12. The van der Waals surface area contributed by atoms with Gasteiger partial charge >= 0.3 is 24.2 Å². The van der Waals surface area contributed by atoms with Gasteiger partial charge in [-0.3, -0.25) is 24.3 Å². The minimum absolute atomic E-state index is 0.0678. The summed E-state index contributed by atoms with van der Waals surface area (Å²) in [4.78, 5) is 54.6. The van der Waals surface area contributed by atoms with Crippen LogP contribution in [0.1, 0.15) is 31.9 Å². The van der Waals surface area contributed by atoms with E-state index in [1.165, 1.54) is 24.0 Å². The summed E-state index contributed by atoms with van der Waals surface area (Å²) in [6.07, 6.45) is -5.09. The van der Waals surface area contributed by atoms with Gasteiger partial charge in [-0.1, -0.05) is 12.1 Å². The molecule has 2 aromatic rings. The Balaban J connectivity index is 1.68. The van der Waals surface area contributed by atoms with Gasteiger partial charge in [0.25, 0.3) is 0 Å². The molecule has 0 aromatic heterocycles. The van der Waals surface area contributed by atoms with Crippen LogP contribution in [0.5, 0.6) is 0 Å². The Morgan fingerprint density at radius 3 is 2.21 bits per heavy atom. The number of hydrogen-bond donors (Lipinski definition) is 1. The summed E-state index contributed by atoms with van der Waals surface area (Å²) in [6.45, 7) is 4.21. The number of nitrogens with zero attached hydrogens (tertiary/aromatic N) is 3. The van der Waals surface area contributed by atoms with Crippen LogP contribution in [0, 0.1) is 11.7 Å². The summed E-state index contributed by atoms with van der Waals surface area (Å²) in [5.74, 6) is -5.08. The molecule has 0 aliphatic carbocycles. The van der Waals surface area contributed by atoms with Gasteiger partial charge in [0.05, 0.1) is 37.3 Å². The lowest BCUT2D eigenvalue weighted by atomic mass is 10.0. The summed E-state index contributed by atoms with van der Waals surface area (Å²) in [6, 6.07) is 7.44.